The highest BCUT2D eigenvalue weighted by Gasteiger charge is 2.11. The molecule has 0 radical (unpaired) electrons. The zero-order valence-electron chi connectivity index (χ0n) is 9.00. The van der Waals surface area contributed by atoms with Gasteiger partial charge in [0.05, 0.1) is 10.2 Å². The molecule has 3 N–H and O–H groups in total. The molecule has 0 amide bonds. The molecule has 1 aromatic carbocycles. The second-order valence-electron chi connectivity index (χ2n) is 3.53. The summed E-state index contributed by atoms with van der Waals surface area (Å²) in [5.41, 5.74) is 6.41. The number of nitrogens with zero attached hydrogens (tertiary/aromatic N) is 1. The van der Waals surface area contributed by atoms with E-state index in [1.807, 2.05) is 24.3 Å². The number of benzene rings is 1. The molecule has 2 rings (SSSR count). The van der Waals surface area contributed by atoms with Gasteiger partial charge in [-0.3, -0.25) is 4.79 Å². The van der Waals surface area contributed by atoms with Crippen molar-refractivity contribution >= 4 is 39.3 Å². The summed E-state index contributed by atoms with van der Waals surface area (Å²) in [7, 11) is 0. The predicted octanol–water partition coefficient (Wildman–Crippen LogP) is 2.19. The van der Waals surface area contributed by atoms with Crippen LogP contribution >= 0.6 is 23.1 Å². The van der Waals surface area contributed by atoms with E-state index in [4.69, 9.17) is 10.8 Å². The number of aliphatic carboxylic acids is 1. The number of thioether (sulfide) groups is 1. The van der Waals surface area contributed by atoms with Gasteiger partial charge in [-0.1, -0.05) is 23.9 Å². The lowest BCUT2D eigenvalue weighted by molar-refractivity contribution is -0.138. The van der Waals surface area contributed by atoms with Gasteiger partial charge in [0.1, 0.15) is 6.04 Å². The Kier molecular flexibility index (Phi) is 3.98. The monoisotopic (exact) mass is 268 g/mol. The molecule has 1 heterocycles. The molecule has 6 heteroatoms. The Bertz CT molecular complexity index is 494. The van der Waals surface area contributed by atoms with Crippen LogP contribution in [0, 0.1) is 0 Å². The Morgan fingerprint density at radius 3 is 3.00 bits per heavy atom. The minimum absolute atomic E-state index is 0.454. The number of carboxylic acids is 1. The molecule has 0 aliphatic heterocycles. The quantitative estimate of drug-likeness (QED) is 0.813. The highest BCUT2D eigenvalue weighted by molar-refractivity contribution is 8.01. The molecule has 0 aliphatic carbocycles. The van der Waals surface area contributed by atoms with Crippen LogP contribution in [0.25, 0.3) is 10.2 Å². The third-order valence-corrected chi connectivity index (χ3v) is 4.46. The van der Waals surface area contributed by atoms with Gasteiger partial charge < -0.3 is 10.8 Å². The minimum Gasteiger partial charge on any atom is -0.480 e. The van der Waals surface area contributed by atoms with E-state index in [9.17, 15) is 4.79 Å². The van der Waals surface area contributed by atoms with Gasteiger partial charge >= 0.3 is 5.97 Å². The van der Waals surface area contributed by atoms with Crippen molar-refractivity contribution in [3.05, 3.63) is 24.3 Å². The first-order valence-corrected chi connectivity index (χ1v) is 6.94. The second-order valence-corrected chi connectivity index (χ2v) is 5.90. The van der Waals surface area contributed by atoms with E-state index < -0.39 is 12.0 Å². The van der Waals surface area contributed by atoms with Crippen molar-refractivity contribution in [1.29, 1.82) is 0 Å². The van der Waals surface area contributed by atoms with Crippen molar-refractivity contribution in [2.45, 2.75) is 16.8 Å². The normalized spacial score (nSPS) is 12.8. The summed E-state index contributed by atoms with van der Waals surface area (Å²) < 4.78 is 2.11. The van der Waals surface area contributed by atoms with Crippen LogP contribution in [0.1, 0.15) is 6.42 Å². The van der Waals surface area contributed by atoms with Crippen LogP contribution in [0.5, 0.6) is 0 Å². The predicted molar refractivity (Wildman–Crippen MR) is 70.6 cm³/mol. The molecule has 0 spiro atoms. The maximum Gasteiger partial charge on any atom is 0.320 e. The van der Waals surface area contributed by atoms with Crippen LogP contribution in [0.4, 0.5) is 0 Å². The van der Waals surface area contributed by atoms with E-state index in [0.717, 1.165) is 14.6 Å². The Balaban J connectivity index is 1.93. The number of hydrogen-bond donors (Lipinski definition) is 2. The molecule has 90 valence electrons. The van der Waals surface area contributed by atoms with Gasteiger partial charge in [0.15, 0.2) is 4.34 Å². The molecule has 17 heavy (non-hydrogen) atoms. The molecule has 0 saturated heterocycles. The van der Waals surface area contributed by atoms with Gasteiger partial charge in [-0.25, -0.2) is 4.98 Å². The molecular weight excluding hydrogens is 256 g/mol. The van der Waals surface area contributed by atoms with Gasteiger partial charge in [-0.05, 0) is 18.6 Å². The molecular formula is C11H12N2O2S2. The van der Waals surface area contributed by atoms with Gasteiger partial charge in [-0.15, -0.1) is 11.3 Å². The van der Waals surface area contributed by atoms with Crippen LogP contribution < -0.4 is 5.73 Å². The number of carbonyl (C=O) groups is 1. The summed E-state index contributed by atoms with van der Waals surface area (Å²) in [6.07, 6.45) is 0.454. The third kappa shape index (κ3) is 3.18. The highest BCUT2D eigenvalue weighted by atomic mass is 32.2. The number of aromatic nitrogens is 1. The molecule has 1 atom stereocenters. The number of para-hydroxylation sites is 1. The first-order chi connectivity index (χ1) is 8.16. The topological polar surface area (TPSA) is 76.2 Å². The molecule has 0 saturated carbocycles. The first-order valence-electron chi connectivity index (χ1n) is 5.13. The lowest BCUT2D eigenvalue weighted by atomic mass is 10.2. The number of thiazole rings is 1. The smallest absolute Gasteiger partial charge is 0.320 e. The fraction of sp³-hybridized carbons (Fsp3) is 0.273. The van der Waals surface area contributed by atoms with Gasteiger partial charge in [-0.2, -0.15) is 0 Å². The Labute approximate surface area is 107 Å². The lowest BCUT2D eigenvalue weighted by Gasteiger charge is -2.03. The highest BCUT2D eigenvalue weighted by Crippen LogP contribution is 2.29. The van der Waals surface area contributed by atoms with E-state index in [2.05, 4.69) is 4.98 Å². The standard InChI is InChI=1S/C11H12N2O2S2/c12-7(10(14)15)5-6-16-11-13-8-3-1-2-4-9(8)17-11/h1-4,7H,5-6,12H2,(H,14,15)/t7-/m0/s1. The van der Waals surface area contributed by atoms with E-state index in [0.29, 0.717) is 12.2 Å². The van der Waals surface area contributed by atoms with Crippen LogP contribution in [0.2, 0.25) is 0 Å². The van der Waals surface area contributed by atoms with Crippen molar-refractivity contribution in [3.8, 4) is 0 Å². The SMILES string of the molecule is N[C@@H](CCSc1nc2ccccc2s1)C(=O)O. The van der Waals surface area contributed by atoms with Crippen LogP contribution in [0.3, 0.4) is 0 Å². The number of rotatable bonds is 5. The summed E-state index contributed by atoms with van der Waals surface area (Å²) >= 11 is 3.18. The van der Waals surface area contributed by atoms with E-state index in [-0.39, 0.29) is 0 Å². The fourth-order valence-electron chi connectivity index (χ4n) is 1.31. The fourth-order valence-corrected chi connectivity index (χ4v) is 3.47. The largest absolute Gasteiger partial charge is 0.480 e. The molecule has 2 aromatic rings. The third-order valence-electron chi connectivity index (χ3n) is 2.25. The van der Waals surface area contributed by atoms with Gasteiger partial charge in [0, 0.05) is 5.75 Å². The van der Waals surface area contributed by atoms with Crippen molar-refractivity contribution in [1.82, 2.24) is 4.98 Å². The minimum atomic E-state index is -0.949. The Morgan fingerprint density at radius 1 is 1.53 bits per heavy atom. The number of carboxylic acid groups (broad SMARTS) is 1. The van der Waals surface area contributed by atoms with E-state index in [1.54, 1.807) is 23.1 Å². The average Bonchev–Trinajstić information content (AvgIpc) is 2.71. The summed E-state index contributed by atoms with van der Waals surface area (Å²) in [5.74, 6) is -0.275. The van der Waals surface area contributed by atoms with Crippen LogP contribution in [-0.2, 0) is 4.79 Å². The van der Waals surface area contributed by atoms with Crippen molar-refractivity contribution in [2.24, 2.45) is 5.73 Å². The first kappa shape index (κ1) is 12.3. The van der Waals surface area contributed by atoms with Crippen molar-refractivity contribution < 1.29 is 9.90 Å². The number of fused-ring (bicyclic) bond motifs is 1. The second kappa shape index (κ2) is 5.48. The zero-order valence-corrected chi connectivity index (χ0v) is 10.6. The zero-order chi connectivity index (χ0) is 12.3. The van der Waals surface area contributed by atoms with Crippen LogP contribution in [-0.4, -0.2) is 27.9 Å². The number of nitrogens with two attached hydrogens (primary N) is 1. The molecule has 0 bridgehead atoms. The Hall–Kier alpha value is -1.11. The molecule has 1 aromatic heterocycles. The molecule has 4 nitrogen and oxygen atoms in total. The van der Waals surface area contributed by atoms with E-state index >= 15 is 0 Å². The average molecular weight is 268 g/mol. The molecule has 0 unspecified atom stereocenters. The maximum atomic E-state index is 10.5. The summed E-state index contributed by atoms with van der Waals surface area (Å²) in [6.45, 7) is 0. The van der Waals surface area contributed by atoms with Crippen LogP contribution in [0.15, 0.2) is 28.6 Å². The summed E-state index contributed by atoms with van der Waals surface area (Å²) in [5, 5.41) is 8.65. The van der Waals surface area contributed by atoms with Crippen molar-refractivity contribution in [3.63, 3.8) is 0 Å². The van der Waals surface area contributed by atoms with Gasteiger partial charge in [0.2, 0.25) is 0 Å². The van der Waals surface area contributed by atoms with Gasteiger partial charge in [0.25, 0.3) is 0 Å². The molecule has 0 fully saturated rings. The Morgan fingerprint density at radius 2 is 2.29 bits per heavy atom. The lowest BCUT2D eigenvalue weighted by Crippen LogP contribution is -2.30. The maximum absolute atomic E-state index is 10.5. The summed E-state index contributed by atoms with van der Waals surface area (Å²) in [6, 6.07) is 7.15. The molecule has 0 aliphatic rings. The van der Waals surface area contributed by atoms with Crippen molar-refractivity contribution in [2.75, 3.05) is 5.75 Å². The number of hydrogen-bond acceptors (Lipinski definition) is 5. The van der Waals surface area contributed by atoms with E-state index in [1.165, 1.54) is 0 Å². The summed E-state index contributed by atoms with van der Waals surface area (Å²) in [4.78, 5) is 15.0.